The predicted molar refractivity (Wildman–Crippen MR) is 559 cm³/mol. The molecule has 0 amide bonds. The summed E-state index contributed by atoms with van der Waals surface area (Å²) >= 11 is 0. The Morgan fingerprint density at radius 3 is 0.820 bits per heavy atom. The maximum Gasteiger partial charge on any atom is 0.252 e. The summed E-state index contributed by atoms with van der Waals surface area (Å²) in [7, 11) is 0. The monoisotopic (exact) mass is 1700 g/mol. The molecule has 5 heteroatoms. The molecule has 128 heavy (non-hydrogen) atoms. The van der Waals surface area contributed by atoms with Crippen LogP contribution in [0.3, 0.4) is 0 Å². The zero-order valence-corrected chi connectivity index (χ0v) is 81.2. The van der Waals surface area contributed by atoms with E-state index >= 15 is 0 Å². The van der Waals surface area contributed by atoms with Crippen LogP contribution in [0.15, 0.2) is 255 Å². The first-order chi connectivity index (χ1) is 65.6. The summed E-state index contributed by atoms with van der Waals surface area (Å²) in [5, 5.41) is 2.06. The van der Waals surface area contributed by atoms with Crippen LogP contribution in [0.1, 0.15) is 256 Å². The van der Waals surface area contributed by atoms with E-state index in [1.54, 1.807) is 0 Å². The van der Waals surface area contributed by atoms with E-state index in [4.69, 9.17) is 0 Å². The second-order valence-electron chi connectivity index (χ2n) is 47.5. The van der Waals surface area contributed by atoms with Gasteiger partial charge in [-0.3, -0.25) is 0 Å². The number of hydrogen-bond donors (Lipinski definition) is 0. The Morgan fingerprint density at radius 1 is 0.250 bits per heavy atom. The molecule has 2 aromatic heterocycles. The molecule has 2 aliphatic heterocycles. The van der Waals surface area contributed by atoms with E-state index in [1.807, 2.05) is 71.4 Å². The minimum Gasteiger partial charge on any atom is -0.310 e. The number of aromatic nitrogens is 2. The molecule has 0 radical (unpaired) electrons. The molecule has 0 saturated carbocycles. The van der Waals surface area contributed by atoms with Crippen molar-refractivity contribution in [3.8, 4) is 55.9 Å². The van der Waals surface area contributed by atoms with Crippen LogP contribution < -0.4 is 26.2 Å². The van der Waals surface area contributed by atoms with Crippen molar-refractivity contribution < 1.29 is 19.2 Å². The first-order valence-corrected chi connectivity index (χ1v) is 46.5. The molecule has 4 nitrogen and oxygen atoms in total. The fourth-order valence-electron chi connectivity index (χ4n) is 20.2. The highest BCUT2D eigenvalue weighted by Gasteiger charge is 2.47. The quantitative estimate of drug-likeness (QED) is 0.0845. The molecule has 0 atom stereocenters. The van der Waals surface area contributed by atoms with Crippen molar-refractivity contribution in [1.82, 2.24) is 9.13 Å². The van der Waals surface area contributed by atoms with Gasteiger partial charge in [-0.15, -0.1) is 0 Å². The Labute approximate surface area is 788 Å². The molecule has 17 rings (SSSR count). The molecular weight excluding hydrogens is 1540 g/mol. The van der Waals surface area contributed by atoms with Gasteiger partial charge in [-0.05, 0) is 292 Å². The Balaban J connectivity index is 1.15. The summed E-state index contributed by atoms with van der Waals surface area (Å²) in [6.45, 7) is 56.7. The van der Waals surface area contributed by atoms with Gasteiger partial charge in [0.05, 0.1) is 44.4 Å². The van der Waals surface area contributed by atoms with E-state index in [-0.39, 0.29) is 91.9 Å². The Kier molecular flexibility index (Phi) is 18.6. The van der Waals surface area contributed by atoms with Crippen LogP contribution in [0.2, 0.25) is 0 Å². The number of fused-ring (bicyclic) bond motifs is 10. The first-order valence-electron chi connectivity index (χ1n) is 53.5. The number of benzene rings is 13. The van der Waals surface area contributed by atoms with Gasteiger partial charge in [0.1, 0.15) is 0 Å². The van der Waals surface area contributed by atoms with Crippen molar-refractivity contribution in [3.05, 3.63) is 305 Å². The highest BCUT2D eigenvalue weighted by atomic mass is 15.2. The largest absolute Gasteiger partial charge is 0.310 e. The minimum atomic E-state index is -2.22. The minimum absolute atomic E-state index is 0.160. The van der Waals surface area contributed by atoms with Crippen LogP contribution in [0.25, 0.3) is 99.5 Å². The molecule has 0 bridgehead atoms. The lowest BCUT2D eigenvalue weighted by molar-refractivity contribution is 0.410. The van der Waals surface area contributed by atoms with E-state index < -0.39 is 42.1 Å². The molecule has 2 aliphatic rings. The van der Waals surface area contributed by atoms with Gasteiger partial charge in [0.15, 0.2) is 0 Å². The van der Waals surface area contributed by atoms with Crippen LogP contribution in [0.4, 0.5) is 34.1 Å². The topological polar surface area (TPSA) is 16.3 Å². The number of hydrogen-bond acceptors (Lipinski definition) is 2. The third-order valence-corrected chi connectivity index (χ3v) is 24.1. The number of rotatable bonds is 17. The van der Waals surface area contributed by atoms with E-state index in [0.29, 0.717) is 156 Å². The van der Waals surface area contributed by atoms with Gasteiger partial charge in [0.25, 0.3) is 6.71 Å². The van der Waals surface area contributed by atoms with E-state index in [9.17, 15) is 19.2 Å². The number of anilines is 6. The normalized spacial score (nSPS) is 15.6. The van der Waals surface area contributed by atoms with Crippen molar-refractivity contribution in [2.75, 3.05) is 9.80 Å². The lowest BCUT2D eigenvalue weighted by Gasteiger charge is -2.46. The summed E-state index contributed by atoms with van der Waals surface area (Å²) in [5.74, 6) is 0. The van der Waals surface area contributed by atoms with Crippen molar-refractivity contribution >= 4 is 101 Å². The summed E-state index contributed by atoms with van der Waals surface area (Å²) in [5.41, 5.74) is 18.4. The van der Waals surface area contributed by atoms with Crippen LogP contribution in [0.5, 0.6) is 0 Å². The zero-order chi connectivity index (χ0) is 104. The molecule has 13 aromatic carbocycles. The molecule has 0 fully saturated rings. The highest BCUT2D eigenvalue weighted by molar-refractivity contribution is 7.00. The van der Waals surface area contributed by atoms with Gasteiger partial charge in [-0.1, -0.05) is 345 Å². The van der Waals surface area contributed by atoms with Gasteiger partial charge in [0.2, 0.25) is 0 Å². The van der Waals surface area contributed by atoms with Crippen molar-refractivity contribution in [3.63, 3.8) is 0 Å². The molecule has 0 N–H and O–H groups in total. The van der Waals surface area contributed by atoms with Crippen LogP contribution in [0, 0.1) is 48.7 Å². The second kappa shape index (κ2) is 32.6. The smallest absolute Gasteiger partial charge is 0.252 e. The highest BCUT2D eigenvalue weighted by Crippen LogP contribution is 2.56. The maximum atomic E-state index is 11.4. The Hall–Kier alpha value is -10.9. The maximum absolute atomic E-state index is 11.4. The fourth-order valence-corrected chi connectivity index (χ4v) is 20.2. The standard InChI is InChI=1S/C123H141BN4/c1-115(2,3)70-79-36-32-40-88(56-79)96-62-85(76-121(19,20)21)63-97(89-41-33-37-80(57-89)71-116(4,5)6)113(96)127-108-68-92(125-104-46-30-28-44-94(104)100-60-83(48-54-106(100)125)74-119(13,14)15)50-52-102(108)124-103-53-51-93(126-105-47-31-29-45-95(105)101-61-84(49-55-107(101)126)75-120(16,17)18)69-109(103)128(111-67-87(78-123(25,26)27)66-110(127)112(111)124)114-98(90-42-34-38-81(58-90)72-117(7,8)9)64-86(77-122(22,23)24)65-99(114)91-43-35-39-82(59-91)73-118(10,11)12/h28-69H,70-78H2,1-27H3/i28D,29D,30D,31D,44D,45D,46D,47D,76D2,77D2,78D2. The number of para-hydroxylation sites is 2. The molecule has 0 aliphatic carbocycles. The van der Waals surface area contributed by atoms with Gasteiger partial charge in [-0.25, -0.2) is 0 Å². The third kappa shape index (κ3) is 19.1. The second-order valence-corrected chi connectivity index (χ2v) is 47.5. The van der Waals surface area contributed by atoms with Crippen LogP contribution in [-0.2, 0) is 57.6 Å². The fraction of sp³-hybridized carbons (Fsp3) is 0.366. The van der Waals surface area contributed by atoms with Gasteiger partial charge in [0, 0.05) is 86.1 Å². The van der Waals surface area contributed by atoms with Gasteiger partial charge in [-0.2, -0.15) is 0 Å². The SMILES string of the molecule is [2H]c1c([2H])c([2H])c2c(c1[2H])c1cc(CC(C)(C)C)ccc1n2-c1ccc2c(c1)N(c1c(-c3cccc(CC(C)(C)C)c3)cc(C([2H])([2H])C(C)(C)C)cc1-c1cccc(CC(C)(C)C)c1)c1cc(C([2H])([2H])C(C)(C)C)cc3c1B2c1ccc(-n2c4ccc(CC(C)(C)C)cc4c4c([2H])c([2H])c([2H])c([2H])c42)cc1N3c1c(-c2cccc(CC(C)(C)C)c2)cc(C([2H])([2H])C(C)(C)C)cc1-c1cccc(CC(C)(C)C)c1. The Morgan fingerprint density at radius 2 is 0.531 bits per heavy atom. The molecule has 4 heterocycles. The lowest BCUT2D eigenvalue weighted by Crippen LogP contribution is -2.61. The van der Waals surface area contributed by atoms with Crippen LogP contribution in [-0.4, -0.2) is 15.8 Å². The van der Waals surface area contributed by atoms with Crippen LogP contribution >= 0.6 is 0 Å². The third-order valence-electron chi connectivity index (χ3n) is 24.1. The molecule has 15 aromatic rings. The summed E-state index contributed by atoms with van der Waals surface area (Å²) < 4.78 is 149. The molecule has 0 saturated heterocycles. The summed E-state index contributed by atoms with van der Waals surface area (Å²) in [6.07, 6.45) is -2.09. The zero-order valence-electron chi connectivity index (χ0n) is 95.2. The van der Waals surface area contributed by atoms with Crippen molar-refractivity contribution in [2.45, 2.75) is 245 Å². The number of nitrogens with zero attached hydrogens (tertiary/aromatic N) is 4. The van der Waals surface area contributed by atoms with E-state index in [1.165, 1.54) is 0 Å². The van der Waals surface area contributed by atoms with Crippen molar-refractivity contribution in [1.29, 1.82) is 0 Å². The average molecular weight is 1700 g/mol. The predicted octanol–water partition coefficient (Wildman–Crippen LogP) is 32.9. The first kappa shape index (κ1) is 73.0. The van der Waals surface area contributed by atoms with Crippen molar-refractivity contribution in [2.24, 2.45) is 48.7 Å². The molecular formula is C123H141BN4. The summed E-state index contributed by atoms with van der Waals surface area (Å²) in [6, 6.07) is 70.3. The molecule has 0 unspecified atom stereocenters. The van der Waals surface area contributed by atoms with E-state index in [2.05, 4.69) is 341 Å². The lowest BCUT2D eigenvalue weighted by atomic mass is 9.33. The average Bonchev–Trinajstić information content (AvgIpc) is 0.752. The molecule has 656 valence electrons. The summed E-state index contributed by atoms with van der Waals surface area (Å²) in [4.78, 5) is 4.70. The Bertz CT molecular complexity index is 7040. The van der Waals surface area contributed by atoms with E-state index in [0.717, 1.165) is 72.0 Å². The van der Waals surface area contributed by atoms with Gasteiger partial charge < -0.3 is 18.9 Å². The van der Waals surface area contributed by atoms with Gasteiger partial charge >= 0.3 is 0 Å². The molecule has 0 spiro atoms.